The molecule has 13 heavy (non-hydrogen) atoms. The maximum Gasteiger partial charge on any atom is 0.337 e. The lowest BCUT2D eigenvalue weighted by atomic mass is 9.80. The fraction of sp³-hybridized carbons (Fsp3) is 0.444. The zero-order valence-electron chi connectivity index (χ0n) is 7.33. The molecule has 0 atom stereocenters. The average Bonchev–Trinajstić information content (AvgIpc) is 2.47. The van der Waals surface area contributed by atoms with Gasteiger partial charge < -0.3 is 14.8 Å². The van der Waals surface area contributed by atoms with Gasteiger partial charge in [0.15, 0.2) is 0 Å². The summed E-state index contributed by atoms with van der Waals surface area (Å²) in [4.78, 5) is 13.6. The second-order valence-corrected chi connectivity index (χ2v) is 3.64. The largest absolute Gasteiger partial charge is 0.478 e. The maximum absolute atomic E-state index is 10.8. The van der Waals surface area contributed by atoms with Gasteiger partial charge in [-0.25, -0.2) is 4.79 Å². The molecule has 4 heteroatoms. The molecule has 2 N–H and O–H groups in total. The van der Waals surface area contributed by atoms with Crippen molar-refractivity contribution >= 4 is 5.97 Å². The summed E-state index contributed by atoms with van der Waals surface area (Å²) < 4.78 is 5.09. The normalized spacial score (nSPS) is 19.5. The summed E-state index contributed by atoms with van der Waals surface area (Å²) in [6.07, 6.45) is 3.26. The Morgan fingerprint density at radius 3 is 2.77 bits per heavy atom. The van der Waals surface area contributed by atoms with Crippen LogP contribution in [0.15, 0.2) is 12.4 Å². The van der Waals surface area contributed by atoms with Crippen LogP contribution < -0.4 is 0 Å². The van der Waals surface area contributed by atoms with Crippen LogP contribution in [-0.4, -0.2) is 29.3 Å². The van der Waals surface area contributed by atoms with Gasteiger partial charge in [-0.2, -0.15) is 0 Å². The van der Waals surface area contributed by atoms with Crippen molar-refractivity contribution in [1.82, 2.24) is 4.98 Å². The second kappa shape index (κ2) is 2.60. The van der Waals surface area contributed by atoms with E-state index >= 15 is 0 Å². The first-order valence-corrected chi connectivity index (χ1v) is 4.12. The van der Waals surface area contributed by atoms with E-state index < -0.39 is 5.97 Å². The number of carboxylic acids is 1. The fourth-order valence-corrected chi connectivity index (χ4v) is 1.60. The number of carboxylic acid groups (broad SMARTS) is 1. The Hall–Kier alpha value is -1.29. The lowest BCUT2D eigenvalue weighted by Gasteiger charge is -2.38. The summed E-state index contributed by atoms with van der Waals surface area (Å²) in [6, 6.07) is 0. The summed E-state index contributed by atoms with van der Waals surface area (Å²) >= 11 is 0. The van der Waals surface area contributed by atoms with Gasteiger partial charge in [-0.3, -0.25) is 0 Å². The van der Waals surface area contributed by atoms with Crippen LogP contribution in [0.2, 0.25) is 0 Å². The molecule has 0 amide bonds. The highest BCUT2D eigenvalue weighted by Gasteiger charge is 2.38. The highest BCUT2D eigenvalue weighted by molar-refractivity contribution is 5.89. The number of rotatable bonds is 2. The van der Waals surface area contributed by atoms with E-state index in [-0.39, 0.29) is 5.41 Å². The molecule has 1 aromatic heterocycles. The van der Waals surface area contributed by atoms with Gasteiger partial charge in [-0.1, -0.05) is 6.92 Å². The standard InChI is InChI=1S/C9H11NO3/c1-9(4-13-5-9)7-3-10-2-6(7)8(11)12/h2-3,10H,4-5H2,1H3,(H,11,12). The number of ether oxygens (including phenoxy) is 1. The smallest absolute Gasteiger partial charge is 0.337 e. The van der Waals surface area contributed by atoms with Gasteiger partial charge in [-0.15, -0.1) is 0 Å². The summed E-state index contributed by atoms with van der Waals surface area (Å²) in [6.45, 7) is 3.21. The Balaban J connectivity index is 2.39. The molecule has 2 rings (SSSR count). The number of hydrogen-bond donors (Lipinski definition) is 2. The van der Waals surface area contributed by atoms with E-state index in [0.717, 1.165) is 5.56 Å². The molecular formula is C9H11NO3. The fourth-order valence-electron chi connectivity index (χ4n) is 1.60. The Morgan fingerprint density at radius 2 is 2.31 bits per heavy atom. The molecule has 4 nitrogen and oxygen atoms in total. The summed E-state index contributed by atoms with van der Waals surface area (Å²) in [5.41, 5.74) is 1.07. The van der Waals surface area contributed by atoms with E-state index in [1.165, 1.54) is 6.20 Å². The van der Waals surface area contributed by atoms with Gasteiger partial charge in [-0.05, 0) is 5.56 Å². The first-order valence-electron chi connectivity index (χ1n) is 4.12. The minimum atomic E-state index is -0.885. The predicted molar refractivity (Wildman–Crippen MR) is 45.9 cm³/mol. The van der Waals surface area contributed by atoms with Crippen molar-refractivity contribution in [3.63, 3.8) is 0 Å². The molecule has 1 saturated heterocycles. The number of H-pyrrole nitrogens is 1. The molecule has 0 aliphatic carbocycles. The van der Waals surface area contributed by atoms with Crippen LogP contribution in [0.4, 0.5) is 0 Å². The molecule has 2 heterocycles. The molecule has 70 valence electrons. The number of aromatic nitrogens is 1. The molecule has 0 unspecified atom stereocenters. The van der Waals surface area contributed by atoms with Crippen molar-refractivity contribution in [3.8, 4) is 0 Å². The molecule has 0 spiro atoms. The molecule has 0 aromatic carbocycles. The minimum Gasteiger partial charge on any atom is -0.478 e. The van der Waals surface area contributed by atoms with Crippen molar-refractivity contribution in [1.29, 1.82) is 0 Å². The topological polar surface area (TPSA) is 62.3 Å². The Kier molecular flexibility index (Phi) is 1.66. The Labute approximate surface area is 75.5 Å². The van der Waals surface area contributed by atoms with Crippen LogP contribution in [0.25, 0.3) is 0 Å². The molecule has 0 saturated carbocycles. The quantitative estimate of drug-likeness (QED) is 0.715. The van der Waals surface area contributed by atoms with Gasteiger partial charge in [0.25, 0.3) is 0 Å². The average molecular weight is 181 g/mol. The van der Waals surface area contributed by atoms with E-state index in [9.17, 15) is 4.79 Å². The number of aromatic amines is 1. The van der Waals surface area contributed by atoms with Gasteiger partial charge in [0.2, 0.25) is 0 Å². The summed E-state index contributed by atoms with van der Waals surface area (Å²) in [5, 5.41) is 8.88. The third kappa shape index (κ3) is 1.14. The van der Waals surface area contributed by atoms with Gasteiger partial charge in [0, 0.05) is 17.8 Å². The SMILES string of the molecule is CC1(c2c[nH]cc2C(=O)O)COC1. The molecule has 0 radical (unpaired) electrons. The van der Waals surface area contributed by atoms with Crippen LogP contribution in [0, 0.1) is 0 Å². The highest BCUT2D eigenvalue weighted by atomic mass is 16.5. The monoisotopic (exact) mass is 181 g/mol. The number of hydrogen-bond acceptors (Lipinski definition) is 2. The third-order valence-electron chi connectivity index (χ3n) is 2.47. The minimum absolute atomic E-state index is 0.117. The van der Waals surface area contributed by atoms with E-state index in [1.807, 2.05) is 6.92 Å². The highest BCUT2D eigenvalue weighted by Crippen LogP contribution is 2.33. The zero-order valence-corrected chi connectivity index (χ0v) is 7.33. The third-order valence-corrected chi connectivity index (χ3v) is 2.47. The zero-order chi connectivity index (χ0) is 9.47. The van der Waals surface area contributed by atoms with Crippen molar-refractivity contribution in [2.24, 2.45) is 0 Å². The molecule has 1 aliphatic rings. The number of carbonyl (C=O) groups is 1. The number of nitrogens with one attached hydrogen (secondary N) is 1. The van der Waals surface area contributed by atoms with Crippen molar-refractivity contribution in [2.45, 2.75) is 12.3 Å². The van der Waals surface area contributed by atoms with E-state index in [2.05, 4.69) is 4.98 Å². The van der Waals surface area contributed by atoms with E-state index in [1.54, 1.807) is 6.20 Å². The van der Waals surface area contributed by atoms with Crippen molar-refractivity contribution in [3.05, 3.63) is 23.5 Å². The first kappa shape index (κ1) is 8.31. The van der Waals surface area contributed by atoms with Crippen LogP contribution in [0.3, 0.4) is 0 Å². The molecule has 1 aliphatic heterocycles. The Morgan fingerprint density at radius 1 is 1.62 bits per heavy atom. The van der Waals surface area contributed by atoms with Gasteiger partial charge >= 0.3 is 5.97 Å². The predicted octanol–water partition coefficient (Wildman–Crippen LogP) is 1.00. The molecule has 1 fully saturated rings. The maximum atomic E-state index is 10.8. The van der Waals surface area contributed by atoms with Crippen LogP contribution >= 0.6 is 0 Å². The van der Waals surface area contributed by atoms with Crippen LogP contribution in [-0.2, 0) is 10.2 Å². The summed E-state index contributed by atoms with van der Waals surface area (Å²) in [7, 11) is 0. The van der Waals surface area contributed by atoms with Gasteiger partial charge in [0.05, 0.1) is 18.8 Å². The van der Waals surface area contributed by atoms with Crippen LogP contribution in [0.1, 0.15) is 22.8 Å². The lowest BCUT2D eigenvalue weighted by Crippen LogP contribution is -2.44. The second-order valence-electron chi connectivity index (χ2n) is 3.64. The molecular weight excluding hydrogens is 170 g/mol. The van der Waals surface area contributed by atoms with Crippen LogP contribution in [0.5, 0.6) is 0 Å². The van der Waals surface area contributed by atoms with Crippen molar-refractivity contribution in [2.75, 3.05) is 13.2 Å². The number of aromatic carboxylic acids is 1. The van der Waals surface area contributed by atoms with Crippen molar-refractivity contribution < 1.29 is 14.6 Å². The first-order chi connectivity index (χ1) is 6.13. The molecule has 1 aromatic rings. The van der Waals surface area contributed by atoms with Gasteiger partial charge in [0.1, 0.15) is 0 Å². The van der Waals surface area contributed by atoms with E-state index in [0.29, 0.717) is 18.8 Å². The van der Waals surface area contributed by atoms with E-state index in [4.69, 9.17) is 9.84 Å². The Bertz CT molecular complexity index is 338. The lowest BCUT2D eigenvalue weighted by molar-refractivity contribution is -0.0503. The molecule has 0 bridgehead atoms. The summed E-state index contributed by atoms with van der Waals surface area (Å²) in [5.74, 6) is -0.885.